The second-order valence-corrected chi connectivity index (χ2v) is 4.11. The Balaban J connectivity index is 1.99. The van der Waals surface area contributed by atoms with Crippen LogP contribution < -0.4 is 0 Å². The maximum Gasteiger partial charge on any atom is 0.197 e. The number of aromatic nitrogens is 1. The van der Waals surface area contributed by atoms with Crippen LogP contribution in [0.15, 0.2) is 10.6 Å². The summed E-state index contributed by atoms with van der Waals surface area (Å²) >= 11 is 0. The third-order valence-electron chi connectivity index (χ3n) is 2.92. The number of likely N-dealkylation sites (tertiary alicyclic amines) is 1. The molecular weight excluding hydrogens is 192 g/mol. The van der Waals surface area contributed by atoms with Crippen molar-refractivity contribution in [2.45, 2.75) is 25.2 Å². The summed E-state index contributed by atoms with van der Waals surface area (Å²) in [6.07, 6.45) is 5.04. The highest BCUT2D eigenvalue weighted by atomic mass is 16.4. The SMILES string of the molecule is CN1CCC(c2ncc(CC=O)o2)CC1. The quantitative estimate of drug-likeness (QED) is 0.701. The molecular formula is C11H16N2O2. The molecule has 0 radical (unpaired) electrons. The molecule has 0 N–H and O–H groups in total. The van der Waals surface area contributed by atoms with E-state index in [1.165, 1.54) is 0 Å². The summed E-state index contributed by atoms with van der Waals surface area (Å²) in [6, 6.07) is 0. The number of rotatable bonds is 3. The van der Waals surface area contributed by atoms with Gasteiger partial charge in [0.2, 0.25) is 0 Å². The van der Waals surface area contributed by atoms with Crippen LogP contribution in [0, 0.1) is 0 Å². The van der Waals surface area contributed by atoms with Gasteiger partial charge in [-0.15, -0.1) is 0 Å². The summed E-state index contributed by atoms with van der Waals surface area (Å²) in [4.78, 5) is 16.9. The van der Waals surface area contributed by atoms with Crippen LogP contribution in [0.3, 0.4) is 0 Å². The van der Waals surface area contributed by atoms with E-state index >= 15 is 0 Å². The second kappa shape index (κ2) is 4.57. The van der Waals surface area contributed by atoms with Gasteiger partial charge in [-0.1, -0.05) is 0 Å². The van der Waals surface area contributed by atoms with Gasteiger partial charge in [0.25, 0.3) is 0 Å². The summed E-state index contributed by atoms with van der Waals surface area (Å²) in [5.74, 6) is 1.92. The highest BCUT2D eigenvalue weighted by Crippen LogP contribution is 2.26. The minimum absolute atomic E-state index is 0.333. The Hall–Kier alpha value is -1.16. The molecule has 1 fully saturated rings. The van der Waals surface area contributed by atoms with E-state index in [-0.39, 0.29) is 0 Å². The molecule has 2 rings (SSSR count). The molecule has 0 amide bonds. The number of aldehydes is 1. The van der Waals surface area contributed by atoms with Gasteiger partial charge in [-0.05, 0) is 33.0 Å². The Morgan fingerprint density at radius 1 is 1.60 bits per heavy atom. The second-order valence-electron chi connectivity index (χ2n) is 4.11. The maximum absolute atomic E-state index is 10.3. The first kappa shape index (κ1) is 10.4. The number of nitrogens with zero attached hydrogens (tertiary/aromatic N) is 2. The zero-order chi connectivity index (χ0) is 10.7. The smallest absolute Gasteiger partial charge is 0.197 e. The lowest BCUT2D eigenvalue weighted by atomic mass is 9.97. The molecule has 1 aromatic heterocycles. The van der Waals surface area contributed by atoms with E-state index in [2.05, 4.69) is 16.9 Å². The van der Waals surface area contributed by atoms with Crippen molar-refractivity contribution in [3.8, 4) is 0 Å². The zero-order valence-electron chi connectivity index (χ0n) is 8.98. The van der Waals surface area contributed by atoms with E-state index in [9.17, 15) is 4.79 Å². The van der Waals surface area contributed by atoms with Crippen LogP contribution in [0.4, 0.5) is 0 Å². The van der Waals surface area contributed by atoms with Crippen molar-refractivity contribution in [1.29, 1.82) is 0 Å². The fourth-order valence-electron chi connectivity index (χ4n) is 1.94. The largest absolute Gasteiger partial charge is 0.445 e. The van der Waals surface area contributed by atoms with Crippen molar-refractivity contribution in [3.63, 3.8) is 0 Å². The van der Waals surface area contributed by atoms with Crippen molar-refractivity contribution in [1.82, 2.24) is 9.88 Å². The van der Waals surface area contributed by atoms with E-state index in [0.717, 1.165) is 38.1 Å². The van der Waals surface area contributed by atoms with Gasteiger partial charge in [-0.25, -0.2) is 4.98 Å². The summed E-state index contributed by atoms with van der Waals surface area (Å²) in [5.41, 5.74) is 0. The van der Waals surface area contributed by atoms with Crippen molar-refractivity contribution in [2.75, 3.05) is 20.1 Å². The predicted octanol–water partition coefficient (Wildman–Crippen LogP) is 1.23. The van der Waals surface area contributed by atoms with E-state index in [1.807, 2.05) is 0 Å². The molecule has 4 heteroatoms. The molecule has 0 aromatic carbocycles. The van der Waals surface area contributed by atoms with E-state index in [0.29, 0.717) is 18.1 Å². The van der Waals surface area contributed by atoms with Crippen molar-refractivity contribution in [2.24, 2.45) is 0 Å². The Morgan fingerprint density at radius 2 is 2.33 bits per heavy atom. The molecule has 1 aromatic rings. The van der Waals surface area contributed by atoms with Gasteiger partial charge in [0.15, 0.2) is 5.89 Å². The predicted molar refractivity (Wildman–Crippen MR) is 55.7 cm³/mol. The summed E-state index contributed by atoms with van der Waals surface area (Å²) in [6.45, 7) is 2.19. The van der Waals surface area contributed by atoms with Crippen LogP contribution in [-0.2, 0) is 11.2 Å². The van der Waals surface area contributed by atoms with Gasteiger partial charge in [-0.2, -0.15) is 0 Å². The first-order valence-electron chi connectivity index (χ1n) is 5.36. The first-order chi connectivity index (χ1) is 7.29. The Bertz CT molecular complexity index is 327. The van der Waals surface area contributed by atoms with Crippen LogP contribution in [0.25, 0.3) is 0 Å². The lowest BCUT2D eigenvalue weighted by Crippen LogP contribution is -2.29. The topological polar surface area (TPSA) is 46.3 Å². The van der Waals surface area contributed by atoms with Crippen LogP contribution in [0.1, 0.15) is 30.4 Å². The lowest BCUT2D eigenvalue weighted by molar-refractivity contribution is -0.107. The van der Waals surface area contributed by atoms with E-state index in [1.54, 1.807) is 6.20 Å². The lowest BCUT2D eigenvalue weighted by Gasteiger charge is -2.26. The third-order valence-corrected chi connectivity index (χ3v) is 2.92. The number of piperidine rings is 1. The number of hydrogen-bond acceptors (Lipinski definition) is 4. The van der Waals surface area contributed by atoms with Crippen molar-refractivity contribution in [3.05, 3.63) is 17.8 Å². The monoisotopic (exact) mass is 208 g/mol. The molecule has 1 saturated heterocycles. The minimum atomic E-state index is 0.333. The summed E-state index contributed by atoms with van der Waals surface area (Å²) < 4.78 is 5.54. The average Bonchev–Trinajstić information content (AvgIpc) is 2.68. The molecule has 2 heterocycles. The maximum atomic E-state index is 10.3. The molecule has 0 unspecified atom stereocenters. The number of carbonyl (C=O) groups excluding carboxylic acids is 1. The molecule has 0 bridgehead atoms. The molecule has 4 nitrogen and oxygen atoms in total. The molecule has 0 saturated carbocycles. The molecule has 0 spiro atoms. The summed E-state index contributed by atoms with van der Waals surface area (Å²) in [5, 5.41) is 0. The van der Waals surface area contributed by atoms with Crippen LogP contribution >= 0.6 is 0 Å². The molecule has 0 aliphatic carbocycles. The molecule has 15 heavy (non-hydrogen) atoms. The standard InChI is InChI=1S/C11H16N2O2/c1-13-5-2-9(3-6-13)11-12-8-10(15-11)4-7-14/h7-9H,2-6H2,1H3. The average molecular weight is 208 g/mol. The highest BCUT2D eigenvalue weighted by molar-refractivity contribution is 5.52. The normalized spacial score (nSPS) is 19.3. The number of oxazole rings is 1. The molecule has 0 atom stereocenters. The Labute approximate surface area is 89.3 Å². The van der Waals surface area contributed by atoms with Crippen molar-refractivity contribution >= 4 is 6.29 Å². The third kappa shape index (κ3) is 2.45. The van der Waals surface area contributed by atoms with Gasteiger partial charge in [0, 0.05) is 5.92 Å². The Kier molecular flexibility index (Phi) is 3.16. The van der Waals surface area contributed by atoms with Crippen LogP contribution in [0.2, 0.25) is 0 Å². The molecule has 1 aliphatic rings. The van der Waals surface area contributed by atoms with Crippen molar-refractivity contribution < 1.29 is 9.21 Å². The van der Waals surface area contributed by atoms with Gasteiger partial charge in [0.1, 0.15) is 12.0 Å². The van der Waals surface area contributed by atoms with Gasteiger partial charge in [0.05, 0.1) is 12.6 Å². The van der Waals surface area contributed by atoms with E-state index < -0.39 is 0 Å². The molecule has 82 valence electrons. The minimum Gasteiger partial charge on any atom is -0.445 e. The fourth-order valence-corrected chi connectivity index (χ4v) is 1.94. The first-order valence-corrected chi connectivity index (χ1v) is 5.36. The van der Waals surface area contributed by atoms with Gasteiger partial charge < -0.3 is 14.1 Å². The fraction of sp³-hybridized carbons (Fsp3) is 0.636. The highest BCUT2D eigenvalue weighted by Gasteiger charge is 2.22. The Morgan fingerprint density at radius 3 is 3.00 bits per heavy atom. The molecule has 1 aliphatic heterocycles. The van der Waals surface area contributed by atoms with E-state index in [4.69, 9.17) is 4.42 Å². The zero-order valence-corrected chi connectivity index (χ0v) is 8.98. The summed E-state index contributed by atoms with van der Waals surface area (Å²) in [7, 11) is 2.13. The number of hydrogen-bond donors (Lipinski definition) is 0. The van der Waals surface area contributed by atoms with Crippen LogP contribution in [0.5, 0.6) is 0 Å². The van der Waals surface area contributed by atoms with Gasteiger partial charge >= 0.3 is 0 Å². The number of carbonyl (C=O) groups is 1. The van der Waals surface area contributed by atoms with Gasteiger partial charge in [-0.3, -0.25) is 0 Å². The van der Waals surface area contributed by atoms with Crippen LogP contribution in [-0.4, -0.2) is 36.3 Å².